The van der Waals surface area contributed by atoms with Gasteiger partial charge >= 0.3 is 0 Å². The van der Waals surface area contributed by atoms with Crippen LogP contribution in [-0.4, -0.2) is 47.2 Å². The molecule has 0 spiro atoms. The maximum absolute atomic E-state index is 6.12. The monoisotopic (exact) mass is 282 g/mol. The molecule has 2 aliphatic heterocycles. The maximum Gasteiger partial charge on any atom is 0.147 e. The van der Waals surface area contributed by atoms with Crippen molar-refractivity contribution < 1.29 is 0 Å². The lowest BCUT2D eigenvalue weighted by atomic mass is 9.97. The predicted octanol–water partition coefficient (Wildman–Crippen LogP) is 2.10. The van der Waals surface area contributed by atoms with Crippen LogP contribution in [0, 0.1) is 0 Å². The first-order valence-corrected chi connectivity index (χ1v) is 7.86. The highest BCUT2D eigenvalue weighted by atomic mass is 35.5. The molecule has 106 valence electrons. The lowest BCUT2D eigenvalue weighted by molar-refractivity contribution is 0.316. The Morgan fingerprint density at radius 2 is 1.95 bits per heavy atom. The van der Waals surface area contributed by atoms with Crippen molar-refractivity contribution in [3.05, 3.63) is 17.2 Å². The summed E-state index contributed by atoms with van der Waals surface area (Å²) in [6.45, 7) is 6.86. The first kappa shape index (κ1) is 13.4. The van der Waals surface area contributed by atoms with Crippen LogP contribution in [0.3, 0.4) is 0 Å². The summed E-state index contributed by atoms with van der Waals surface area (Å²) in [4.78, 5) is 7.10. The van der Waals surface area contributed by atoms with E-state index in [0.717, 1.165) is 26.2 Å². The van der Waals surface area contributed by atoms with Crippen molar-refractivity contribution >= 4 is 11.6 Å². The Hall–Kier alpha value is -0.580. The Bertz CT molecular complexity index is 406. The average molecular weight is 283 g/mol. The highest BCUT2D eigenvalue weighted by Crippen LogP contribution is 2.26. The largest absolute Gasteiger partial charge is 0.332 e. The lowest BCUT2D eigenvalue weighted by Gasteiger charge is -2.23. The molecule has 0 bridgehead atoms. The number of halogens is 1. The molecule has 19 heavy (non-hydrogen) atoms. The maximum atomic E-state index is 6.12. The number of hydrogen-bond acceptors (Lipinski definition) is 3. The van der Waals surface area contributed by atoms with Crippen LogP contribution in [0.5, 0.6) is 0 Å². The Morgan fingerprint density at radius 3 is 2.68 bits per heavy atom. The summed E-state index contributed by atoms with van der Waals surface area (Å²) in [5.41, 5.74) is 0. The molecule has 0 amide bonds. The molecule has 0 aliphatic carbocycles. The number of nitrogens with zero attached hydrogens (tertiary/aromatic N) is 3. The van der Waals surface area contributed by atoms with E-state index < -0.39 is 0 Å². The SMILES string of the molecule is Clc1cn(CCN2CCCC2)c(C2CCNCC2)n1. The molecular formula is C14H23ClN4. The number of imidazole rings is 1. The van der Waals surface area contributed by atoms with Crippen molar-refractivity contribution in [3.63, 3.8) is 0 Å². The van der Waals surface area contributed by atoms with Gasteiger partial charge in [0, 0.05) is 25.2 Å². The summed E-state index contributed by atoms with van der Waals surface area (Å²) < 4.78 is 2.29. The Balaban J connectivity index is 1.65. The van der Waals surface area contributed by atoms with Crippen LogP contribution in [-0.2, 0) is 6.54 Å². The number of likely N-dealkylation sites (tertiary alicyclic amines) is 1. The van der Waals surface area contributed by atoms with Gasteiger partial charge in [-0.05, 0) is 51.9 Å². The first-order chi connectivity index (χ1) is 9.33. The molecule has 3 heterocycles. The molecule has 2 saturated heterocycles. The summed E-state index contributed by atoms with van der Waals surface area (Å²) in [5.74, 6) is 1.78. The molecule has 0 unspecified atom stereocenters. The van der Waals surface area contributed by atoms with E-state index in [0.29, 0.717) is 11.1 Å². The second-order valence-corrected chi connectivity index (χ2v) is 6.08. The van der Waals surface area contributed by atoms with Gasteiger partial charge in [0.2, 0.25) is 0 Å². The highest BCUT2D eigenvalue weighted by Gasteiger charge is 2.21. The minimum absolute atomic E-state index is 0.576. The molecule has 2 fully saturated rings. The average Bonchev–Trinajstić information content (AvgIpc) is 3.06. The van der Waals surface area contributed by atoms with Crippen molar-refractivity contribution in [2.75, 3.05) is 32.7 Å². The third kappa shape index (κ3) is 3.30. The molecule has 5 heteroatoms. The normalized spacial score (nSPS) is 22.2. The van der Waals surface area contributed by atoms with Gasteiger partial charge in [0.25, 0.3) is 0 Å². The van der Waals surface area contributed by atoms with Gasteiger partial charge in [-0.3, -0.25) is 0 Å². The second kappa shape index (κ2) is 6.25. The van der Waals surface area contributed by atoms with Gasteiger partial charge in [0.15, 0.2) is 0 Å². The Morgan fingerprint density at radius 1 is 1.21 bits per heavy atom. The summed E-state index contributed by atoms with van der Waals surface area (Å²) >= 11 is 6.12. The smallest absolute Gasteiger partial charge is 0.147 e. The molecule has 1 aromatic heterocycles. The zero-order chi connectivity index (χ0) is 13.1. The van der Waals surface area contributed by atoms with E-state index in [1.54, 1.807) is 0 Å². The number of nitrogens with one attached hydrogen (secondary N) is 1. The lowest BCUT2D eigenvalue weighted by Crippen LogP contribution is -2.29. The molecule has 0 atom stereocenters. The summed E-state index contributed by atoms with van der Waals surface area (Å²) in [6.07, 6.45) is 7.07. The molecule has 0 aromatic carbocycles. The van der Waals surface area contributed by atoms with Crippen LogP contribution in [0.25, 0.3) is 0 Å². The van der Waals surface area contributed by atoms with Crippen molar-refractivity contribution in [2.45, 2.75) is 38.1 Å². The van der Waals surface area contributed by atoms with E-state index in [9.17, 15) is 0 Å². The molecule has 3 rings (SSSR count). The number of rotatable bonds is 4. The highest BCUT2D eigenvalue weighted by molar-refractivity contribution is 6.29. The minimum Gasteiger partial charge on any atom is -0.332 e. The third-order valence-electron chi connectivity index (χ3n) is 4.34. The van der Waals surface area contributed by atoms with E-state index in [2.05, 4.69) is 19.8 Å². The van der Waals surface area contributed by atoms with Crippen LogP contribution in [0.4, 0.5) is 0 Å². The van der Waals surface area contributed by atoms with Gasteiger partial charge in [-0.1, -0.05) is 11.6 Å². The number of aromatic nitrogens is 2. The van der Waals surface area contributed by atoms with Gasteiger partial charge in [-0.15, -0.1) is 0 Å². The van der Waals surface area contributed by atoms with E-state index in [-0.39, 0.29) is 0 Å². The van der Waals surface area contributed by atoms with Crippen LogP contribution in [0.2, 0.25) is 5.15 Å². The van der Waals surface area contributed by atoms with Gasteiger partial charge in [-0.25, -0.2) is 4.98 Å². The molecule has 1 aromatic rings. The standard InChI is InChI=1S/C14H23ClN4/c15-13-11-19(10-9-18-7-1-2-8-18)14(17-13)12-3-5-16-6-4-12/h11-12,16H,1-10H2. The van der Waals surface area contributed by atoms with Crippen molar-refractivity contribution in [1.29, 1.82) is 0 Å². The summed E-state index contributed by atoms with van der Waals surface area (Å²) in [5, 5.41) is 4.06. The summed E-state index contributed by atoms with van der Waals surface area (Å²) in [7, 11) is 0. The fraction of sp³-hybridized carbons (Fsp3) is 0.786. The fourth-order valence-corrected chi connectivity index (χ4v) is 3.44. The van der Waals surface area contributed by atoms with E-state index in [4.69, 9.17) is 11.6 Å². The van der Waals surface area contributed by atoms with Crippen LogP contribution in [0.1, 0.15) is 37.4 Å². The van der Waals surface area contributed by atoms with Crippen LogP contribution in [0.15, 0.2) is 6.20 Å². The molecule has 0 saturated carbocycles. The molecule has 2 aliphatic rings. The minimum atomic E-state index is 0.576. The van der Waals surface area contributed by atoms with Crippen LogP contribution >= 0.6 is 11.6 Å². The third-order valence-corrected chi connectivity index (χ3v) is 4.52. The summed E-state index contributed by atoms with van der Waals surface area (Å²) in [6, 6.07) is 0. The fourth-order valence-electron chi connectivity index (χ4n) is 3.24. The molecule has 0 radical (unpaired) electrons. The van der Waals surface area contributed by atoms with Gasteiger partial charge in [-0.2, -0.15) is 0 Å². The van der Waals surface area contributed by atoms with Crippen molar-refractivity contribution in [2.24, 2.45) is 0 Å². The number of piperidine rings is 1. The van der Waals surface area contributed by atoms with Gasteiger partial charge < -0.3 is 14.8 Å². The van der Waals surface area contributed by atoms with E-state index in [1.807, 2.05) is 6.20 Å². The first-order valence-electron chi connectivity index (χ1n) is 7.48. The topological polar surface area (TPSA) is 33.1 Å². The zero-order valence-electron chi connectivity index (χ0n) is 11.4. The Kier molecular flexibility index (Phi) is 4.41. The zero-order valence-corrected chi connectivity index (χ0v) is 12.2. The van der Waals surface area contributed by atoms with Crippen molar-refractivity contribution in [3.8, 4) is 0 Å². The van der Waals surface area contributed by atoms with Gasteiger partial charge in [0.1, 0.15) is 11.0 Å². The molecular weight excluding hydrogens is 260 g/mol. The van der Waals surface area contributed by atoms with E-state index >= 15 is 0 Å². The Labute approximate surface area is 120 Å². The molecule has 1 N–H and O–H groups in total. The second-order valence-electron chi connectivity index (χ2n) is 5.69. The van der Waals surface area contributed by atoms with E-state index in [1.165, 1.54) is 44.6 Å². The quantitative estimate of drug-likeness (QED) is 0.918. The van der Waals surface area contributed by atoms with Gasteiger partial charge in [0.05, 0.1) is 0 Å². The number of hydrogen-bond donors (Lipinski definition) is 1. The predicted molar refractivity (Wildman–Crippen MR) is 77.8 cm³/mol. The van der Waals surface area contributed by atoms with Crippen LogP contribution < -0.4 is 5.32 Å². The van der Waals surface area contributed by atoms with Crippen molar-refractivity contribution in [1.82, 2.24) is 19.8 Å². The molecule has 4 nitrogen and oxygen atoms in total.